The van der Waals surface area contributed by atoms with Crippen LogP contribution in [-0.4, -0.2) is 30.1 Å². The van der Waals surface area contributed by atoms with Gasteiger partial charge in [-0.25, -0.2) is 4.79 Å². The Kier molecular flexibility index (Phi) is 7.63. The Morgan fingerprint density at radius 3 is 2.89 bits per heavy atom. The number of hydrogen-bond acceptors (Lipinski definition) is 4. The number of ether oxygens (including phenoxy) is 1. The third kappa shape index (κ3) is 6.14. The molecule has 1 amide bonds. The Morgan fingerprint density at radius 2 is 2.21 bits per heavy atom. The normalized spacial score (nSPS) is 24.9. The molecule has 0 saturated carbocycles. The molecule has 5 heteroatoms. The number of carbonyl (C=O) groups excluding carboxylic acids is 2. The van der Waals surface area contributed by atoms with Crippen molar-refractivity contribution in [1.82, 2.24) is 5.32 Å². The molecule has 108 valence electrons. The van der Waals surface area contributed by atoms with E-state index in [1.807, 2.05) is 13.0 Å². The molecule has 0 aromatic rings. The zero-order valence-corrected chi connectivity index (χ0v) is 12.5. The van der Waals surface area contributed by atoms with E-state index in [0.29, 0.717) is 12.2 Å². The number of carbonyl (C=O) groups is 2. The molecule has 1 N–H and O–H groups in total. The predicted octanol–water partition coefficient (Wildman–Crippen LogP) is 3.13. The van der Waals surface area contributed by atoms with Gasteiger partial charge in [-0.3, -0.25) is 4.79 Å². The van der Waals surface area contributed by atoms with Crippen LogP contribution in [-0.2, 0) is 9.53 Å². The number of amides is 1. The van der Waals surface area contributed by atoms with Crippen LogP contribution in [0.3, 0.4) is 0 Å². The largest absolute Gasteiger partial charge is 0.450 e. The summed E-state index contributed by atoms with van der Waals surface area (Å²) in [5, 5.41) is 2.39. The molecule has 2 atom stereocenters. The van der Waals surface area contributed by atoms with Crippen molar-refractivity contribution in [3.8, 4) is 0 Å². The van der Waals surface area contributed by atoms with E-state index in [-0.39, 0.29) is 23.2 Å². The van der Waals surface area contributed by atoms with Crippen molar-refractivity contribution >= 4 is 23.0 Å². The summed E-state index contributed by atoms with van der Waals surface area (Å²) in [6.45, 7) is 1.92. The smallest absolute Gasteiger partial charge is 0.367 e. The molecular weight excluding hydrogens is 262 g/mol. The first-order valence-electron chi connectivity index (χ1n) is 6.88. The molecule has 19 heavy (non-hydrogen) atoms. The van der Waals surface area contributed by atoms with Gasteiger partial charge >= 0.3 is 5.30 Å². The molecule has 0 spiro atoms. The minimum atomic E-state index is -0.274. The molecule has 0 saturated heterocycles. The Bertz CT molecular complexity index is 331. The molecule has 4 nitrogen and oxygen atoms in total. The molecule has 0 aromatic heterocycles. The molecule has 1 aliphatic rings. The first kappa shape index (κ1) is 16.1. The van der Waals surface area contributed by atoms with Gasteiger partial charge in [-0.2, -0.15) is 0 Å². The number of nitrogens with one attached hydrogen (secondary N) is 1. The summed E-state index contributed by atoms with van der Waals surface area (Å²) in [6, 6.07) is 0. The number of thioether (sulfide) groups is 1. The van der Waals surface area contributed by atoms with Crippen molar-refractivity contribution in [2.45, 2.75) is 45.1 Å². The van der Waals surface area contributed by atoms with E-state index in [9.17, 15) is 9.59 Å². The van der Waals surface area contributed by atoms with Gasteiger partial charge < -0.3 is 10.1 Å². The fourth-order valence-corrected chi connectivity index (χ4v) is 2.59. The molecule has 0 aromatic carbocycles. The summed E-state index contributed by atoms with van der Waals surface area (Å²) in [6.07, 6.45) is 8.28. The van der Waals surface area contributed by atoms with Gasteiger partial charge in [0.15, 0.2) is 0 Å². The third-order valence-electron chi connectivity index (χ3n) is 3.21. The first-order chi connectivity index (χ1) is 9.17. The zero-order chi connectivity index (χ0) is 14.1. The van der Waals surface area contributed by atoms with Crippen LogP contribution >= 0.6 is 11.8 Å². The van der Waals surface area contributed by atoms with E-state index < -0.39 is 0 Å². The van der Waals surface area contributed by atoms with Crippen LogP contribution in [0.25, 0.3) is 0 Å². The van der Waals surface area contributed by atoms with E-state index in [1.165, 1.54) is 11.8 Å². The molecule has 1 aliphatic carbocycles. The minimum Gasteiger partial charge on any atom is -0.450 e. The van der Waals surface area contributed by atoms with Crippen LogP contribution in [0, 0.1) is 5.92 Å². The van der Waals surface area contributed by atoms with Gasteiger partial charge in [0.05, 0.1) is 0 Å². The lowest BCUT2D eigenvalue weighted by Gasteiger charge is -2.25. The molecule has 0 radical (unpaired) electrons. The Labute approximate surface area is 119 Å². The molecule has 2 unspecified atom stereocenters. The van der Waals surface area contributed by atoms with Crippen molar-refractivity contribution in [3.63, 3.8) is 0 Å². The highest BCUT2D eigenvalue weighted by Crippen LogP contribution is 2.25. The second-order valence-corrected chi connectivity index (χ2v) is 5.81. The second-order valence-electron chi connectivity index (χ2n) is 4.62. The van der Waals surface area contributed by atoms with Crippen LogP contribution in [0.5, 0.6) is 0 Å². The lowest BCUT2D eigenvalue weighted by Crippen LogP contribution is -2.30. The third-order valence-corrected chi connectivity index (χ3v) is 3.83. The predicted molar refractivity (Wildman–Crippen MR) is 78.2 cm³/mol. The second kappa shape index (κ2) is 9.02. The van der Waals surface area contributed by atoms with Crippen molar-refractivity contribution < 1.29 is 14.3 Å². The summed E-state index contributed by atoms with van der Waals surface area (Å²) in [7, 11) is 1.63. The maximum atomic E-state index is 11.6. The molecule has 0 bridgehead atoms. The van der Waals surface area contributed by atoms with Crippen molar-refractivity contribution in [1.29, 1.82) is 0 Å². The van der Waals surface area contributed by atoms with Crippen LogP contribution in [0.4, 0.5) is 4.79 Å². The fraction of sp³-hybridized carbons (Fsp3) is 0.714. The summed E-state index contributed by atoms with van der Waals surface area (Å²) in [5.74, 6) is 0.788. The molecule has 0 aliphatic heterocycles. The Hall–Kier alpha value is -0.970. The van der Waals surface area contributed by atoms with Crippen molar-refractivity contribution in [2.24, 2.45) is 5.92 Å². The van der Waals surface area contributed by atoms with Gasteiger partial charge in [0.25, 0.3) is 0 Å². The lowest BCUT2D eigenvalue weighted by molar-refractivity contribution is -0.122. The van der Waals surface area contributed by atoms with E-state index in [4.69, 9.17) is 4.74 Å². The average Bonchev–Trinajstić information content (AvgIpc) is 2.37. The van der Waals surface area contributed by atoms with E-state index in [2.05, 4.69) is 11.4 Å². The molecular formula is C14H23NO3S. The quantitative estimate of drug-likeness (QED) is 0.637. The number of allylic oxidation sites excluding steroid dienone is 1. The molecule has 0 heterocycles. The summed E-state index contributed by atoms with van der Waals surface area (Å²) in [4.78, 5) is 23.2. The summed E-state index contributed by atoms with van der Waals surface area (Å²) in [5.41, 5.74) is 0. The van der Waals surface area contributed by atoms with Gasteiger partial charge in [0.2, 0.25) is 5.91 Å². The topological polar surface area (TPSA) is 55.4 Å². The summed E-state index contributed by atoms with van der Waals surface area (Å²) >= 11 is 1.17. The van der Waals surface area contributed by atoms with E-state index in [0.717, 1.165) is 25.7 Å². The highest BCUT2D eigenvalue weighted by Gasteiger charge is 2.25. The van der Waals surface area contributed by atoms with Gasteiger partial charge in [-0.1, -0.05) is 19.4 Å². The Balaban J connectivity index is 2.68. The van der Waals surface area contributed by atoms with E-state index >= 15 is 0 Å². The van der Waals surface area contributed by atoms with Crippen molar-refractivity contribution in [2.75, 3.05) is 12.8 Å². The van der Waals surface area contributed by atoms with Crippen LogP contribution in [0.15, 0.2) is 12.2 Å². The van der Waals surface area contributed by atoms with Gasteiger partial charge in [-0.05, 0) is 37.1 Å². The van der Waals surface area contributed by atoms with E-state index in [1.54, 1.807) is 7.05 Å². The fourth-order valence-electron chi connectivity index (χ4n) is 2.18. The highest BCUT2D eigenvalue weighted by atomic mass is 32.2. The van der Waals surface area contributed by atoms with Crippen molar-refractivity contribution in [3.05, 3.63) is 12.2 Å². The van der Waals surface area contributed by atoms with Gasteiger partial charge in [0.1, 0.15) is 6.10 Å². The minimum absolute atomic E-state index is 0.00293. The summed E-state index contributed by atoms with van der Waals surface area (Å²) < 4.78 is 5.48. The maximum Gasteiger partial charge on any atom is 0.367 e. The van der Waals surface area contributed by atoms with Gasteiger partial charge in [0, 0.05) is 25.1 Å². The average molecular weight is 285 g/mol. The standard InChI is InChI=1S/C14H23NO3S/c1-3-19-14(17)18-12-9-7-5-4-6-8-11(12)10-13(16)15-2/h7,9,11-12H,3-6,8,10H2,1-2H3,(H,15,16)/b9-7+. The van der Waals surface area contributed by atoms with Crippen LogP contribution in [0.2, 0.25) is 0 Å². The zero-order valence-electron chi connectivity index (χ0n) is 11.7. The van der Waals surface area contributed by atoms with Gasteiger partial charge in [-0.15, -0.1) is 0 Å². The molecule has 1 rings (SSSR count). The first-order valence-corrected chi connectivity index (χ1v) is 7.86. The molecule has 0 fully saturated rings. The number of rotatable bonds is 4. The Morgan fingerprint density at radius 1 is 1.42 bits per heavy atom. The van der Waals surface area contributed by atoms with Crippen LogP contribution < -0.4 is 5.32 Å². The highest BCUT2D eigenvalue weighted by molar-refractivity contribution is 8.13. The maximum absolute atomic E-state index is 11.6. The number of hydrogen-bond donors (Lipinski definition) is 1. The lowest BCUT2D eigenvalue weighted by atomic mass is 9.89. The van der Waals surface area contributed by atoms with Crippen LogP contribution in [0.1, 0.15) is 39.0 Å². The monoisotopic (exact) mass is 285 g/mol. The SMILES string of the molecule is CCSC(=O)OC1/C=C/CCCCC1CC(=O)NC.